The molecule has 1 aromatic rings. The van der Waals surface area contributed by atoms with Crippen LogP contribution in [-0.4, -0.2) is 28.1 Å². The Morgan fingerprint density at radius 1 is 1.04 bits per heavy atom. The molecule has 0 aliphatic carbocycles. The van der Waals surface area contributed by atoms with Crippen molar-refractivity contribution >= 4 is 17.6 Å². The maximum absolute atomic E-state index is 12.3. The van der Waals surface area contributed by atoms with E-state index in [1.54, 1.807) is 41.5 Å². The first kappa shape index (κ1) is 21.1. The van der Waals surface area contributed by atoms with E-state index in [9.17, 15) is 19.7 Å². The Morgan fingerprint density at radius 3 is 2.12 bits per heavy atom. The van der Waals surface area contributed by atoms with Crippen LogP contribution in [0.4, 0.5) is 5.69 Å². The van der Waals surface area contributed by atoms with Crippen LogP contribution in [-0.2, 0) is 19.1 Å². The molecule has 1 rings (SSSR count). The molecular formula is C18H23NO7. The van der Waals surface area contributed by atoms with Crippen molar-refractivity contribution in [1.82, 2.24) is 0 Å². The number of hydrogen-bond acceptors (Lipinski definition) is 7. The zero-order chi connectivity index (χ0) is 20.1. The van der Waals surface area contributed by atoms with Gasteiger partial charge in [-0.2, -0.15) is 0 Å². The number of carbonyl (C=O) groups is 2. The molecule has 0 bridgehead atoms. The van der Waals surface area contributed by atoms with Crippen molar-refractivity contribution in [1.29, 1.82) is 0 Å². The topological polar surface area (TPSA) is 105 Å². The summed E-state index contributed by atoms with van der Waals surface area (Å²) in [5, 5.41) is 10.9. The van der Waals surface area contributed by atoms with E-state index in [-0.39, 0.29) is 11.4 Å². The number of ether oxygens (including phenoxy) is 3. The van der Waals surface area contributed by atoms with Crippen LogP contribution in [0.2, 0.25) is 0 Å². The molecule has 0 aliphatic rings. The highest BCUT2D eigenvalue weighted by Gasteiger charge is 2.25. The molecule has 8 nitrogen and oxygen atoms in total. The van der Waals surface area contributed by atoms with Gasteiger partial charge >= 0.3 is 11.9 Å². The Bertz CT molecular complexity index is 724. The third-order valence-corrected chi connectivity index (χ3v) is 2.51. The van der Waals surface area contributed by atoms with E-state index in [2.05, 4.69) is 0 Å². The molecule has 0 aliphatic heterocycles. The Hall–Kier alpha value is -2.90. The number of non-ortho nitro benzene ring substituents is 1. The fraction of sp³-hybridized carbons (Fsp3) is 0.444. The van der Waals surface area contributed by atoms with Gasteiger partial charge in [-0.15, -0.1) is 0 Å². The van der Waals surface area contributed by atoms with Gasteiger partial charge in [-0.05, 0) is 47.6 Å². The monoisotopic (exact) mass is 365 g/mol. The number of nitro groups is 1. The third kappa shape index (κ3) is 7.78. The molecule has 0 atom stereocenters. The number of hydrogen-bond donors (Lipinski definition) is 0. The van der Waals surface area contributed by atoms with E-state index in [0.717, 1.165) is 12.1 Å². The second kappa shape index (κ2) is 7.99. The SMILES string of the molecule is CC(C)(C)OC(=O)C=C(Oc1cccc([N+](=O)[O-])c1)C(=O)OC(C)(C)C. The molecule has 0 aromatic heterocycles. The number of rotatable bonds is 5. The van der Waals surface area contributed by atoms with E-state index in [0.29, 0.717) is 0 Å². The lowest BCUT2D eigenvalue weighted by molar-refractivity contribution is -0.384. The van der Waals surface area contributed by atoms with Crippen molar-refractivity contribution in [3.8, 4) is 5.75 Å². The number of carbonyl (C=O) groups excluding carboxylic acids is 2. The van der Waals surface area contributed by atoms with E-state index in [1.807, 2.05) is 0 Å². The Labute approximate surface area is 151 Å². The quantitative estimate of drug-likeness (QED) is 0.258. The van der Waals surface area contributed by atoms with Crippen molar-refractivity contribution in [2.45, 2.75) is 52.7 Å². The van der Waals surface area contributed by atoms with Gasteiger partial charge < -0.3 is 14.2 Å². The van der Waals surface area contributed by atoms with Crippen molar-refractivity contribution < 1.29 is 28.7 Å². The summed E-state index contributed by atoms with van der Waals surface area (Å²) in [5.74, 6) is -2.12. The molecule has 0 unspecified atom stereocenters. The van der Waals surface area contributed by atoms with Crippen molar-refractivity contribution in [3.63, 3.8) is 0 Å². The highest BCUT2D eigenvalue weighted by atomic mass is 16.6. The van der Waals surface area contributed by atoms with E-state index >= 15 is 0 Å². The molecule has 0 saturated heterocycles. The summed E-state index contributed by atoms with van der Waals surface area (Å²) in [6.45, 7) is 9.99. The lowest BCUT2D eigenvalue weighted by atomic mass is 10.2. The molecule has 0 radical (unpaired) electrons. The van der Waals surface area contributed by atoms with E-state index < -0.39 is 33.8 Å². The lowest BCUT2D eigenvalue weighted by Gasteiger charge is -2.21. The second-order valence-electron chi connectivity index (χ2n) is 7.40. The Kier molecular flexibility index (Phi) is 6.49. The number of nitrogens with zero attached hydrogens (tertiary/aromatic N) is 1. The molecule has 0 heterocycles. The third-order valence-electron chi connectivity index (χ3n) is 2.51. The fourth-order valence-electron chi connectivity index (χ4n) is 1.68. The lowest BCUT2D eigenvalue weighted by Crippen LogP contribution is -2.28. The summed E-state index contributed by atoms with van der Waals surface area (Å²) in [5.41, 5.74) is -1.81. The smallest absolute Gasteiger partial charge is 0.375 e. The highest BCUT2D eigenvalue weighted by Crippen LogP contribution is 2.22. The van der Waals surface area contributed by atoms with Crippen molar-refractivity contribution in [2.75, 3.05) is 0 Å². The normalized spacial score (nSPS) is 12.3. The van der Waals surface area contributed by atoms with Gasteiger partial charge in [0.15, 0.2) is 0 Å². The maximum Gasteiger partial charge on any atom is 0.375 e. The zero-order valence-corrected chi connectivity index (χ0v) is 15.7. The number of benzene rings is 1. The molecule has 0 saturated carbocycles. The van der Waals surface area contributed by atoms with Gasteiger partial charge in [-0.25, -0.2) is 9.59 Å². The van der Waals surface area contributed by atoms with Gasteiger partial charge in [0.2, 0.25) is 5.76 Å². The molecule has 0 amide bonds. The second-order valence-corrected chi connectivity index (χ2v) is 7.40. The first-order valence-corrected chi connectivity index (χ1v) is 7.87. The fourth-order valence-corrected chi connectivity index (χ4v) is 1.68. The Balaban J connectivity index is 3.15. The van der Waals surface area contributed by atoms with Crippen LogP contribution in [0.5, 0.6) is 5.75 Å². The molecule has 0 spiro atoms. The van der Waals surface area contributed by atoms with E-state index in [4.69, 9.17) is 14.2 Å². The first-order chi connectivity index (χ1) is 11.8. The minimum atomic E-state index is -0.894. The van der Waals surface area contributed by atoms with Crippen LogP contribution in [0.3, 0.4) is 0 Å². The molecule has 142 valence electrons. The van der Waals surface area contributed by atoms with Gasteiger partial charge in [0.1, 0.15) is 17.0 Å². The average molecular weight is 365 g/mol. The van der Waals surface area contributed by atoms with Crippen LogP contribution in [0.1, 0.15) is 41.5 Å². The highest BCUT2D eigenvalue weighted by molar-refractivity contribution is 5.95. The zero-order valence-electron chi connectivity index (χ0n) is 15.7. The molecule has 0 N–H and O–H groups in total. The largest absolute Gasteiger partial charge is 0.457 e. The molecular weight excluding hydrogens is 342 g/mol. The Morgan fingerprint density at radius 2 is 1.62 bits per heavy atom. The van der Waals surface area contributed by atoms with Crippen LogP contribution >= 0.6 is 0 Å². The first-order valence-electron chi connectivity index (χ1n) is 7.87. The van der Waals surface area contributed by atoms with Gasteiger partial charge in [-0.1, -0.05) is 6.07 Å². The molecule has 0 fully saturated rings. The summed E-state index contributed by atoms with van der Waals surface area (Å²) in [6.07, 6.45) is 0.859. The predicted octanol–water partition coefficient (Wildman–Crippen LogP) is 3.54. The van der Waals surface area contributed by atoms with Crippen LogP contribution in [0.15, 0.2) is 36.1 Å². The molecule has 1 aromatic carbocycles. The van der Waals surface area contributed by atoms with E-state index in [1.165, 1.54) is 18.2 Å². The van der Waals surface area contributed by atoms with Crippen LogP contribution in [0.25, 0.3) is 0 Å². The van der Waals surface area contributed by atoms with Gasteiger partial charge in [0.05, 0.1) is 17.1 Å². The number of esters is 2. The summed E-state index contributed by atoms with van der Waals surface area (Å²) in [7, 11) is 0. The van der Waals surface area contributed by atoms with Gasteiger partial charge in [0, 0.05) is 6.07 Å². The summed E-state index contributed by atoms with van der Waals surface area (Å²) in [4.78, 5) is 34.6. The van der Waals surface area contributed by atoms with Crippen molar-refractivity contribution in [3.05, 3.63) is 46.2 Å². The van der Waals surface area contributed by atoms with Crippen molar-refractivity contribution in [2.24, 2.45) is 0 Å². The summed E-state index contributed by atoms with van der Waals surface area (Å²) >= 11 is 0. The summed E-state index contributed by atoms with van der Waals surface area (Å²) in [6, 6.07) is 5.22. The maximum atomic E-state index is 12.3. The predicted molar refractivity (Wildman–Crippen MR) is 93.5 cm³/mol. The van der Waals surface area contributed by atoms with Crippen LogP contribution in [0, 0.1) is 10.1 Å². The minimum Gasteiger partial charge on any atom is -0.457 e. The molecule has 26 heavy (non-hydrogen) atoms. The molecule has 8 heteroatoms. The standard InChI is InChI=1S/C18H23NO7/c1-17(2,3)25-15(20)11-14(16(21)26-18(4,5)6)24-13-9-7-8-12(10-13)19(22)23/h7-11H,1-6H3. The van der Waals surface area contributed by atoms with Gasteiger partial charge in [0.25, 0.3) is 5.69 Å². The number of nitro benzene ring substituents is 1. The minimum absolute atomic E-state index is 0.0138. The van der Waals surface area contributed by atoms with Crippen LogP contribution < -0.4 is 4.74 Å². The summed E-state index contributed by atoms with van der Waals surface area (Å²) < 4.78 is 15.7. The average Bonchev–Trinajstić information content (AvgIpc) is 2.43. The van der Waals surface area contributed by atoms with Gasteiger partial charge in [-0.3, -0.25) is 10.1 Å².